The number of carbonyl (C=O) groups is 1. The molecule has 2 heterocycles. The Hall–Kier alpha value is -3.08. The number of carbonyl (C=O) groups excluding carboxylic acids is 1. The van der Waals surface area contributed by atoms with Crippen molar-refractivity contribution >= 4 is 11.6 Å². The van der Waals surface area contributed by atoms with E-state index in [1.54, 1.807) is 0 Å². The van der Waals surface area contributed by atoms with E-state index in [-0.39, 0.29) is 5.91 Å². The van der Waals surface area contributed by atoms with Gasteiger partial charge in [-0.25, -0.2) is 4.68 Å². The molecule has 5 nitrogen and oxygen atoms in total. The smallest absolute Gasteiger partial charge is 0.254 e. The van der Waals surface area contributed by atoms with Crippen LogP contribution in [0.2, 0.25) is 0 Å². The second kappa shape index (κ2) is 6.91. The van der Waals surface area contributed by atoms with Crippen LogP contribution in [0.15, 0.2) is 54.6 Å². The van der Waals surface area contributed by atoms with Gasteiger partial charge in [-0.2, -0.15) is 5.10 Å². The predicted molar refractivity (Wildman–Crippen MR) is 107 cm³/mol. The SMILES string of the molecule is Cc1cc(C)n(-c2ccc(C(=O)N3CCN(C)c4ccccc4C3)cc2)n1. The Morgan fingerprint density at radius 1 is 1.00 bits per heavy atom. The van der Waals surface area contributed by atoms with E-state index in [2.05, 4.69) is 29.2 Å². The van der Waals surface area contributed by atoms with Gasteiger partial charge >= 0.3 is 0 Å². The molecule has 1 aromatic heterocycles. The van der Waals surface area contributed by atoms with Gasteiger partial charge in [0.2, 0.25) is 0 Å². The van der Waals surface area contributed by atoms with Crippen LogP contribution in [-0.2, 0) is 6.54 Å². The van der Waals surface area contributed by atoms with Crippen LogP contribution in [0.5, 0.6) is 0 Å². The second-order valence-electron chi connectivity index (χ2n) is 7.16. The summed E-state index contributed by atoms with van der Waals surface area (Å²) in [6, 6.07) is 18.1. The lowest BCUT2D eigenvalue weighted by atomic mass is 10.1. The number of aromatic nitrogens is 2. The minimum Gasteiger partial charge on any atom is -0.373 e. The Bertz CT molecular complexity index is 974. The maximum atomic E-state index is 13.1. The van der Waals surface area contributed by atoms with Gasteiger partial charge in [0.25, 0.3) is 5.91 Å². The molecule has 0 radical (unpaired) electrons. The second-order valence-corrected chi connectivity index (χ2v) is 7.16. The van der Waals surface area contributed by atoms with Gasteiger partial charge in [0.15, 0.2) is 0 Å². The summed E-state index contributed by atoms with van der Waals surface area (Å²) in [6.07, 6.45) is 0. The number of likely N-dealkylation sites (N-methyl/N-ethyl adjacent to an activating group) is 1. The molecule has 0 spiro atoms. The number of rotatable bonds is 2. The summed E-state index contributed by atoms with van der Waals surface area (Å²) in [5, 5.41) is 4.51. The van der Waals surface area contributed by atoms with Gasteiger partial charge < -0.3 is 9.80 Å². The Balaban J connectivity index is 1.57. The summed E-state index contributed by atoms with van der Waals surface area (Å²) >= 11 is 0. The largest absolute Gasteiger partial charge is 0.373 e. The van der Waals surface area contributed by atoms with Crippen LogP contribution < -0.4 is 4.90 Å². The lowest BCUT2D eigenvalue weighted by molar-refractivity contribution is 0.0752. The van der Waals surface area contributed by atoms with E-state index in [1.807, 2.05) is 65.9 Å². The molecule has 1 amide bonds. The van der Waals surface area contributed by atoms with Gasteiger partial charge in [-0.15, -0.1) is 0 Å². The van der Waals surface area contributed by atoms with Gasteiger partial charge in [-0.3, -0.25) is 4.79 Å². The summed E-state index contributed by atoms with van der Waals surface area (Å²) in [5.41, 5.74) is 6.14. The van der Waals surface area contributed by atoms with E-state index in [0.717, 1.165) is 23.6 Å². The van der Waals surface area contributed by atoms with Crippen LogP contribution >= 0.6 is 0 Å². The highest BCUT2D eigenvalue weighted by molar-refractivity contribution is 5.94. The molecule has 5 heteroatoms. The number of para-hydroxylation sites is 1. The van der Waals surface area contributed by atoms with E-state index in [9.17, 15) is 4.79 Å². The first-order valence-corrected chi connectivity index (χ1v) is 9.25. The van der Waals surface area contributed by atoms with Crippen molar-refractivity contribution < 1.29 is 4.79 Å². The average molecular weight is 360 g/mol. The van der Waals surface area contributed by atoms with Crippen LogP contribution in [-0.4, -0.2) is 40.7 Å². The number of aryl methyl sites for hydroxylation is 2. The van der Waals surface area contributed by atoms with Gasteiger partial charge in [0.05, 0.1) is 11.4 Å². The van der Waals surface area contributed by atoms with Crippen molar-refractivity contribution in [3.05, 3.63) is 77.1 Å². The van der Waals surface area contributed by atoms with Gasteiger partial charge in [0.1, 0.15) is 0 Å². The first-order chi connectivity index (χ1) is 13.0. The number of nitrogens with zero attached hydrogens (tertiary/aromatic N) is 4. The molecule has 2 aromatic carbocycles. The van der Waals surface area contributed by atoms with Crippen molar-refractivity contribution in [1.82, 2.24) is 14.7 Å². The van der Waals surface area contributed by atoms with Crippen molar-refractivity contribution in [2.75, 3.05) is 25.0 Å². The van der Waals surface area contributed by atoms with Crippen molar-refractivity contribution in [3.63, 3.8) is 0 Å². The molecule has 27 heavy (non-hydrogen) atoms. The Morgan fingerprint density at radius 3 is 2.44 bits per heavy atom. The van der Waals surface area contributed by atoms with Crippen LogP contribution in [0, 0.1) is 13.8 Å². The highest BCUT2D eigenvalue weighted by atomic mass is 16.2. The molecular formula is C22H24N4O. The topological polar surface area (TPSA) is 41.4 Å². The highest BCUT2D eigenvalue weighted by Crippen LogP contribution is 2.24. The zero-order valence-corrected chi connectivity index (χ0v) is 16.0. The highest BCUT2D eigenvalue weighted by Gasteiger charge is 2.22. The summed E-state index contributed by atoms with van der Waals surface area (Å²) < 4.78 is 1.90. The quantitative estimate of drug-likeness (QED) is 0.701. The van der Waals surface area contributed by atoms with Gasteiger partial charge in [-0.05, 0) is 55.8 Å². The molecule has 0 saturated heterocycles. The number of hydrogen-bond acceptors (Lipinski definition) is 3. The fourth-order valence-corrected chi connectivity index (χ4v) is 3.68. The molecule has 0 fully saturated rings. The van der Waals surface area contributed by atoms with E-state index >= 15 is 0 Å². The zero-order valence-electron chi connectivity index (χ0n) is 16.0. The number of amides is 1. The molecule has 0 N–H and O–H groups in total. The van der Waals surface area contributed by atoms with Crippen molar-refractivity contribution in [2.45, 2.75) is 20.4 Å². The maximum Gasteiger partial charge on any atom is 0.254 e. The van der Waals surface area contributed by atoms with Crippen LogP contribution in [0.3, 0.4) is 0 Å². The minimum absolute atomic E-state index is 0.0695. The fourth-order valence-electron chi connectivity index (χ4n) is 3.68. The number of benzene rings is 2. The monoisotopic (exact) mass is 360 g/mol. The normalized spacial score (nSPS) is 14.0. The van der Waals surface area contributed by atoms with Gasteiger partial charge in [0, 0.05) is 43.6 Å². The number of hydrogen-bond donors (Lipinski definition) is 0. The Morgan fingerprint density at radius 2 is 1.74 bits per heavy atom. The standard InChI is InChI=1S/C22H24N4O/c1-16-14-17(2)26(23-16)20-10-8-18(9-11-20)22(27)25-13-12-24(3)21-7-5-4-6-19(21)15-25/h4-11,14H,12-13,15H2,1-3H3. The third-order valence-corrected chi connectivity index (χ3v) is 5.13. The van der Waals surface area contributed by atoms with Gasteiger partial charge in [-0.1, -0.05) is 18.2 Å². The fraction of sp³-hybridized carbons (Fsp3) is 0.273. The first-order valence-electron chi connectivity index (χ1n) is 9.25. The lowest BCUT2D eigenvalue weighted by Gasteiger charge is -2.21. The third kappa shape index (κ3) is 3.33. The lowest BCUT2D eigenvalue weighted by Crippen LogP contribution is -2.34. The van der Waals surface area contributed by atoms with E-state index in [1.165, 1.54) is 11.3 Å². The van der Waals surface area contributed by atoms with Crippen molar-refractivity contribution in [1.29, 1.82) is 0 Å². The van der Waals surface area contributed by atoms with E-state index < -0.39 is 0 Å². The molecule has 1 aliphatic heterocycles. The average Bonchev–Trinajstić information content (AvgIpc) is 2.92. The Labute approximate surface area is 159 Å². The molecule has 1 aliphatic rings. The first kappa shape index (κ1) is 17.3. The maximum absolute atomic E-state index is 13.1. The predicted octanol–water partition coefficient (Wildman–Crippen LogP) is 3.58. The summed E-state index contributed by atoms with van der Waals surface area (Å²) in [4.78, 5) is 17.2. The molecule has 0 unspecified atom stereocenters. The molecule has 0 aliphatic carbocycles. The van der Waals surface area contributed by atoms with E-state index in [0.29, 0.717) is 18.7 Å². The molecule has 4 rings (SSSR count). The van der Waals surface area contributed by atoms with Crippen LogP contribution in [0.25, 0.3) is 5.69 Å². The van der Waals surface area contributed by atoms with Crippen LogP contribution in [0.1, 0.15) is 27.3 Å². The summed E-state index contributed by atoms with van der Waals surface area (Å²) in [6.45, 7) is 6.19. The summed E-state index contributed by atoms with van der Waals surface area (Å²) in [7, 11) is 2.08. The number of fused-ring (bicyclic) bond motifs is 1. The number of anilines is 1. The minimum atomic E-state index is 0.0695. The molecule has 3 aromatic rings. The Kier molecular flexibility index (Phi) is 4.44. The van der Waals surface area contributed by atoms with Crippen molar-refractivity contribution in [2.24, 2.45) is 0 Å². The molecule has 0 atom stereocenters. The molecule has 0 saturated carbocycles. The third-order valence-electron chi connectivity index (χ3n) is 5.13. The summed E-state index contributed by atoms with van der Waals surface area (Å²) in [5.74, 6) is 0.0695. The molecule has 138 valence electrons. The van der Waals surface area contributed by atoms with E-state index in [4.69, 9.17) is 0 Å². The molecule has 0 bridgehead atoms. The zero-order chi connectivity index (χ0) is 19.0. The van der Waals surface area contributed by atoms with Crippen molar-refractivity contribution in [3.8, 4) is 5.69 Å². The van der Waals surface area contributed by atoms with Crippen LogP contribution in [0.4, 0.5) is 5.69 Å². The molecular weight excluding hydrogens is 336 g/mol.